The van der Waals surface area contributed by atoms with Gasteiger partial charge in [0, 0.05) is 20.3 Å². The summed E-state index contributed by atoms with van der Waals surface area (Å²) in [6.07, 6.45) is 3.52. The van der Waals surface area contributed by atoms with E-state index in [-0.39, 0.29) is 5.91 Å². The zero-order valence-corrected chi connectivity index (χ0v) is 14.8. The largest absolute Gasteiger partial charge is 0.281 e. The summed E-state index contributed by atoms with van der Waals surface area (Å²) in [5.41, 5.74) is 4.33. The fraction of sp³-hybridized carbons (Fsp3) is 0.158. The molecule has 130 valence electrons. The van der Waals surface area contributed by atoms with Crippen molar-refractivity contribution in [1.29, 1.82) is 0 Å². The number of aryl methyl sites for hydroxylation is 3. The van der Waals surface area contributed by atoms with Crippen molar-refractivity contribution in [3.05, 3.63) is 71.3 Å². The maximum atomic E-state index is 13.1. The van der Waals surface area contributed by atoms with E-state index in [2.05, 4.69) is 15.3 Å². The molecule has 7 nitrogen and oxygen atoms in total. The Bertz CT molecular complexity index is 1040. The maximum Gasteiger partial charge on any atom is 0.281 e. The first-order valence-corrected chi connectivity index (χ1v) is 8.24. The molecule has 0 fully saturated rings. The van der Waals surface area contributed by atoms with Crippen LogP contribution in [0.5, 0.6) is 0 Å². The molecule has 0 unspecified atom stereocenters. The van der Waals surface area contributed by atoms with Gasteiger partial charge in [0.25, 0.3) is 5.91 Å². The van der Waals surface area contributed by atoms with Crippen molar-refractivity contribution in [2.24, 2.45) is 19.2 Å². The van der Waals surface area contributed by atoms with E-state index in [9.17, 15) is 4.79 Å². The first-order chi connectivity index (χ1) is 12.5. The van der Waals surface area contributed by atoms with Gasteiger partial charge in [-0.1, -0.05) is 18.2 Å². The second kappa shape index (κ2) is 6.11. The molecule has 0 atom stereocenters. The third kappa shape index (κ3) is 2.63. The van der Waals surface area contributed by atoms with Gasteiger partial charge in [0.05, 0.1) is 28.3 Å². The molecular weight excluding hydrogens is 328 g/mol. The molecule has 0 N–H and O–H groups in total. The van der Waals surface area contributed by atoms with Gasteiger partial charge in [-0.3, -0.25) is 14.2 Å². The highest BCUT2D eigenvalue weighted by Gasteiger charge is 2.33. The second-order valence-corrected chi connectivity index (χ2v) is 6.13. The summed E-state index contributed by atoms with van der Waals surface area (Å²) >= 11 is 0. The zero-order valence-electron chi connectivity index (χ0n) is 14.8. The predicted molar refractivity (Wildman–Crippen MR) is 99.6 cm³/mol. The number of aromatic nitrogens is 4. The summed E-state index contributed by atoms with van der Waals surface area (Å²) in [5, 5.41) is 14.6. The number of carbonyl (C=O) groups excluding carboxylic acids is 1. The van der Waals surface area contributed by atoms with Crippen LogP contribution in [0.4, 0.5) is 5.69 Å². The van der Waals surface area contributed by atoms with Crippen LogP contribution in [0.15, 0.2) is 59.3 Å². The molecule has 0 spiro atoms. The van der Waals surface area contributed by atoms with Crippen molar-refractivity contribution >= 4 is 23.4 Å². The van der Waals surface area contributed by atoms with Gasteiger partial charge in [0.15, 0.2) is 0 Å². The van der Waals surface area contributed by atoms with E-state index in [0.717, 1.165) is 22.8 Å². The Hall–Kier alpha value is -3.48. The van der Waals surface area contributed by atoms with E-state index in [4.69, 9.17) is 0 Å². The van der Waals surface area contributed by atoms with Crippen molar-refractivity contribution in [3.63, 3.8) is 0 Å². The minimum absolute atomic E-state index is 0.175. The molecule has 7 heteroatoms. The molecule has 3 heterocycles. The van der Waals surface area contributed by atoms with Crippen molar-refractivity contribution in [1.82, 2.24) is 19.6 Å². The van der Waals surface area contributed by atoms with E-state index < -0.39 is 0 Å². The van der Waals surface area contributed by atoms with Crippen LogP contribution < -0.4 is 5.01 Å². The topological polar surface area (TPSA) is 68.3 Å². The summed E-state index contributed by atoms with van der Waals surface area (Å²) in [4.78, 5) is 13.1. The molecule has 3 aromatic rings. The fourth-order valence-corrected chi connectivity index (χ4v) is 2.98. The van der Waals surface area contributed by atoms with Crippen LogP contribution in [-0.4, -0.2) is 31.2 Å². The molecule has 0 saturated carbocycles. The molecule has 1 aliphatic heterocycles. The van der Waals surface area contributed by atoms with Gasteiger partial charge in [-0.2, -0.15) is 20.3 Å². The number of hydrogen-bond acceptors (Lipinski definition) is 4. The Labute approximate surface area is 150 Å². The van der Waals surface area contributed by atoms with Crippen LogP contribution in [0.2, 0.25) is 0 Å². The SMILES string of the molecule is Cc1cc(C2=NN(c3ccccc3)C(=O)C2=Cc2ccnn2C)n(C)n1. The number of nitrogens with zero attached hydrogens (tertiary/aromatic N) is 6. The lowest BCUT2D eigenvalue weighted by molar-refractivity contribution is -0.114. The number of amides is 1. The molecular formula is C19H18N6O. The van der Waals surface area contributed by atoms with E-state index in [1.165, 1.54) is 5.01 Å². The molecule has 0 bridgehead atoms. The van der Waals surface area contributed by atoms with Crippen LogP contribution in [0.3, 0.4) is 0 Å². The highest BCUT2D eigenvalue weighted by Crippen LogP contribution is 2.27. The number of carbonyl (C=O) groups is 1. The summed E-state index contributed by atoms with van der Waals surface area (Å²) in [6.45, 7) is 1.92. The molecule has 1 amide bonds. The average molecular weight is 346 g/mol. The van der Waals surface area contributed by atoms with Gasteiger partial charge in [0.1, 0.15) is 5.71 Å². The molecule has 26 heavy (non-hydrogen) atoms. The lowest BCUT2D eigenvalue weighted by atomic mass is 10.1. The van der Waals surface area contributed by atoms with Crippen LogP contribution in [-0.2, 0) is 18.9 Å². The van der Waals surface area contributed by atoms with Crippen LogP contribution >= 0.6 is 0 Å². The molecule has 0 aliphatic carbocycles. The monoisotopic (exact) mass is 346 g/mol. The van der Waals surface area contributed by atoms with Crippen LogP contribution in [0.1, 0.15) is 17.1 Å². The Balaban J connectivity index is 1.87. The zero-order chi connectivity index (χ0) is 18.3. The van der Waals surface area contributed by atoms with Crippen molar-refractivity contribution in [2.45, 2.75) is 6.92 Å². The summed E-state index contributed by atoms with van der Waals surface area (Å²) in [5.74, 6) is -0.175. The van der Waals surface area contributed by atoms with Gasteiger partial charge < -0.3 is 0 Å². The van der Waals surface area contributed by atoms with Gasteiger partial charge >= 0.3 is 0 Å². The number of anilines is 1. The summed E-state index contributed by atoms with van der Waals surface area (Å²) in [7, 11) is 3.69. The van der Waals surface area contributed by atoms with Crippen LogP contribution in [0.25, 0.3) is 6.08 Å². The van der Waals surface area contributed by atoms with Gasteiger partial charge in [-0.05, 0) is 37.3 Å². The van der Waals surface area contributed by atoms with Gasteiger partial charge in [-0.25, -0.2) is 0 Å². The van der Waals surface area contributed by atoms with Crippen molar-refractivity contribution in [2.75, 3.05) is 5.01 Å². The smallest absolute Gasteiger partial charge is 0.269 e. The summed E-state index contributed by atoms with van der Waals surface area (Å²) < 4.78 is 3.46. The molecule has 0 radical (unpaired) electrons. The number of hydrogen-bond donors (Lipinski definition) is 0. The normalized spacial score (nSPS) is 15.8. The van der Waals surface area contributed by atoms with Crippen LogP contribution in [0, 0.1) is 6.92 Å². The number of hydrazone groups is 1. The minimum Gasteiger partial charge on any atom is -0.269 e. The van der Waals surface area contributed by atoms with Crippen molar-refractivity contribution < 1.29 is 4.79 Å². The third-order valence-electron chi connectivity index (χ3n) is 4.27. The Morgan fingerprint density at radius 1 is 1.04 bits per heavy atom. The molecule has 4 rings (SSSR count). The van der Waals surface area contributed by atoms with E-state index in [1.54, 1.807) is 15.6 Å². The molecule has 1 aromatic carbocycles. The molecule has 2 aromatic heterocycles. The number of rotatable bonds is 3. The fourth-order valence-electron chi connectivity index (χ4n) is 2.98. The Kier molecular flexibility index (Phi) is 3.76. The lowest BCUT2D eigenvalue weighted by Crippen LogP contribution is -2.21. The minimum atomic E-state index is -0.175. The molecule has 0 saturated heterocycles. The third-order valence-corrected chi connectivity index (χ3v) is 4.27. The van der Waals surface area contributed by atoms with Gasteiger partial charge in [0.2, 0.25) is 0 Å². The Morgan fingerprint density at radius 2 is 1.81 bits per heavy atom. The first kappa shape index (κ1) is 16.0. The Morgan fingerprint density at radius 3 is 2.42 bits per heavy atom. The quantitative estimate of drug-likeness (QED) is 0.683. The first-order valence-electron chi connectivity index (χ1n) is 8.24. The predicted octanol–water partition coefficient (Wildman–Crippen LogP) is 2.30. The van der Waals surface area contributed by atoms with E-state index >= 15 is 0 Å². The standard InChI is InChI=1S/C19H18N6O/c1-13-11-17(24(3)21-13)18-16(12-15-9-10-20-23(15)2)19(26)25(22-18)14-7-5-4-6-8-14/h4-12H,1-3H3. The highest BCUT2D eigenvalue weighted by molar-refractivity contribution is 6.37. The summed E-state index contributed by atoms with van der Waals surface area (Å²) in [6, 6.07) is 13.2. The van der Waals surface area contributed by atoms with E-state index in [1.807, 2.05) is 69.6 Å². The van der Waals surface area contributed by atoms with E-state index in [0.29, 0.717) is 11.3 Å². The lowest BCUT2D eigenvalue weighted by Gasteiger charge is -2.10. The average Bonchev–Trinajstić information content (AvgIpc) is 3.28. The number of para-hydroxylation sites is 1. The maximum absolute atomic E-state index is 13.1. The highest BCUT2D eigenvalue weighted by atomic mass is 16.2. The second-order valence-electron chi connectivity index (χ2n) is 6.13. The number of benzene rings is 1. The van der Waals surface area contributed by atoms with Crippen molar-refractivity contribution in [3.8, 4) is 0 Å². The van der Waals surface area contributed by atoms with Gasteiger partial charge in [-0.15, -0.1) is 0 Å². The molecule has 1 aliphatic rings.